The minimum absolute atomic E-state index is 0.283. The molecule has 0 aromatic heterocycles. The Morgan fingerprint density at radius 1 is 1.42 bits per heavy atom. The van der Waals surface area contributed by atoms with Crippen molar-refractivity contribution in [3.8, 4) is 6.07 Å². The summed E-state index contributed by atoms with van der Waals surface area (Å²) in [5.41, 5.74) is 0.321. The largest absolute Gasteiger partial charge is 0.387 e. The molecule has 0 spiro atoms. The lowest BCUT2D eigenvalue weighted by molar-refractivity contribution is 0.119. The van der Waals surface area contributed by atoms with E-state index in [1.54, 1.807) is 0 Å². The summed E-state index contributed by atoms with van der Waals surface area (Å²) >= 11 is 0. The van der Waals surface area contributed by atoms with Crippen molar-refractivity contribution >= 4 is 0 Å². The molecule has 0 radical (unpaired) electrons. The van der Waals surface area contributed by atoms with Crippen LogP contribution in [-0.4, -0.2) is 11.2 Å². The van der Waals surface area contributed by atoms with Gasteiger partial charge in [0.2, 0.25) is 0 Å². The smallest absolute Gasteiger partial charge is 0.0968 e. The molecule has 1 saturated carbocycles. The van der Waals surface area contributed by atoms with E-state index < -0.39 is 6.10 Å². The minimum atomic E-state index is -0.588. The molecule has 1 N–H and O–H groups in total. The zero-order chi connectivity index (χ0) is 8.97. The van der Waals surface area contributed by atoms with Gasteiger partial charge in [-0.15, -0.1) is 0 Å². The van der Waals surface area contributed by atoms with Crippen LogP contribution < -0.4 is 0 Å². The molecule has 1 unspecified atom stereocenters. The monoisotopic (exact) mass is 165 g/mol. The summed E-state index contributed by atoms with van der Waals surface area (Å²) in [5.74, 6) is 0.283. The number of nitriles is 1. The standard InChI is InChI=1S/C10H15NO/c1-8(7-11)10(12)9-5-3-2-4-6-9/h9-10,12H,1-6H2. The molecular formula is C10H15NO. The maximum atomic E-state index is 9.62. The van der Waals surface area contributed by atoms with Gasteiger partial charge in [-0.05, 0) is 18.8 Å². The first-order chi connectivity index (χ1) is 5.75. The lowest BCUT2D eigenvalue weighted by atomic mass is 9.83. The van der Waals surface area contributed by atoms with Crippen molar-refractivity contribution in [1.82, 2.24) is 0 Å². The summed E-state index contributed by atoms with van der Waals surface area (Å²) in [6.45, 7) is 3.54. The summed E-state index contributed by atoms with van der Waals surface area (Å²) < 4.78 is 0. The number of rotatable bonds is 2. The van der Waals surface area contributed by atoms with Gasteiger partial charge in [0.15, 0.2) is 0 Å². The molecule has 0 aromatic rings. The second-order valence-electron chi connectivity index (χ2n) is 3.48. The van der Waals surface area contributed by atoms with Crippen LogP contribution in [0.15, 0.2) is 12.2 Å². The van der Waals surface area contributed by atoms with Crippen molar-refractivity contribution in [1.29, 1.82) is 5.26 Å². The SMILES string of the molecule is C=C(C#N)C(O)C1CCCCC1. The van der Waals surface area contributed by atoms with Gasteiger partial charge in [0.1, 0.15) is 0 Å². The highest BCUT2D eigenvalue weighted by Crippen LogP contribution is 2.28. The van der Waals surface area contributed by atoms with Gasteiger partial charge in [-0.25, -0.2) is 0 Å². The Kier molecular flexibility index (Phi) is 3.31. The van der Waals surface area contributed by atoms with E-state index in [9.17, 15) is 5.11 Å². The summed E-state index contributed by atoms with van der Waals surface area (Å²) in [7, 11) is 0. The van der Waals surface area contributed by atoms with E-state index >= 15 is 0 Å². The van der Waals surface area contributed by atoms with Crippen molar-refractivity contribution in [2.75, 3.05) is 0 Å². The number of hydrogen-bond acceptors (Lipinski definition) is 2. The maximum Gasteiger partial charge on any atom is 0.0968 e. The normalized spacial score (nSPS) is 21.3. The molecule has 1 fully saturated rings. The Morgan fingerprint density at radius 3 is 2.50 bits per heavy atom. The van der Waals surface area contributed by atoms with Crippen molar-refractivity contribution in [2.24, 2.45) is 5.92 Å². The zero-order valence-corrected chi connectivity index (χ0v) is 7.29. The summed E-state index contributed by atoms with van der Waals surface area (Å²) in [6, 6.07) is 1.92. The van der Waals surface area contributed by atoms with Gasteiger partial charge < -0.3 is 5.11 Å². The second-order valence-corrected chi connectivity index (χ2v) is 3.48. The molecule has 1 rings (SSSR count). The minimum Gasteiger partial charge on any atom is -0.387 e. The zero-order valence-electron chi connectivity index (χ0n) is 7.29. The molecule has 2 nitrogen and oxygen atoms in total. The van der Waals surface area contributed by atoms with Gasteiger partial charge in [0, 0.05) is 0 Å². The molecule has 66 valence electrons. The third kappa shape index (κ3) is 2.09. The molecule has 1 atom stereocenters. The first-order valence-corrected chi connectivity index (χ1v) is 4.52. The van der Waals surface area contributed by atoms with Gasteiger partial charge in [0.25, 0.3) is 0 Å². The van der Waals surface area contributed by atoms with E-state index in [-0.39, 0.29) is 5.92 Å². The average molecular weight is 165 g/mol. The average Bonchev–Trinajstić information content (AvgIpc) is 2.17. The molecule has 0 bridgehead atoms. The van der Waals surface area contributed by atoms with Crippen LogP contribution in [0.4, 0.5) is 0 Å². The number of hydrogen-bond donors (Lipinski definition) is 1. The Labute approximate surface area is 73.5 Å². The van der Waals surface area contributed by atoms with Crippen molar-refractivity contribution in [3.05, 3.63) is 12.2 Å². The van der Waals surface area contributed by atoms with Crippen molar-refractivity contribution in [2.45, 2.75) is 38.2 Å². The Bertz CT molecular complexity index is 198. The third-order valence-electron chi connectivity index (χ3n) is 2.60. The van der Waals surface area contributed by atoms with Crippen LogP contribution in [0.25, 0.3) is 0 Å². The maximum absolute atomic E-state index is 9.62. The first kappa shape index (κ1) is 9.28. The Hall–Kier alpha value is -0.810. The van der Waals surface area contributed by atoms with E-state index in [0.717, 1.165) is 12.8 Å². The van der Waals surface area contributed by atoms with Crippen LogP contribution in [-0.2, 0) is 0 Å². The van der Waals surface area contributed by atoms with E-state index in [1.807, 2.05) is 6.07 Å². The predicted octanol–water partition coefficient (Wildman–Crippen LogP) is 2.01. The van der Waals surface area contributed by atoms with Crippen molar-refractivity contribution in [3.63, 3.8) is 0 Å². The Balaban J connectivity index is 2.45. The van der Waals surface area contributed by atoms with Gasteiger partial charge in [-0.2, -0.15) is 5.26 Å². The lowest BCUT2D eigenvalue weighted by Gasteiger charge is -2.25. The molecule has 2 heteroatoms. The molecule has 12 heavy (non-hydrogen) atoms. The highest BCUT2D eigenvalue weighted by atomic mass is 16.3. The van der Waals surface area contributed by atoms with Crippen LogP contribution in [0, 0.1) is 17.2 Å². The third-order valence-corrected chi connectivity index (χ3v) is 2.60. The van der Waals surface area contributed by atoms with E-state index in [0.29, 0.717) is 5.57 Å². The van der Waals surface area contributed by atoms with Crippen LogP contribution in [0.1, 0.15) is 32.1 Å². The van der Waals surface area contributed by atoms with Crippen LogP contribution in [0.3, 0.4) is 0 Å². The van der Waals surface area contributed by atoms with Crippen molar-refractivity contribution < 1.29 is 5.11 Å². The van der Waals surface area contributed by atoms with Gasteiger partial charge in [-0.1, -0.05) is 25.8 Å². The second kappa shape index (κ2) is 4.27. The van der Waals surface area contributed by atoms with Gasteiger partial charge in [-0.3, -0.25) is 0 Å². The van der Waals surface area contributed by atoms with E-state index in [4.69, 9.17) is 5.26 Å². The fourth-order valence-corrected chi connectivity index (χ4v) is 1.80. The van der Waals surface area contributed by atoms with E-state index in [2.05, 4.69) is 6.58 Å². The summed E-state index contributed by atoms with van der Waals surface area (Å²) in [5, 5.41) is 18.1. The quantitative estimate of drug-likeness (QED) is 0.636. The van der Waals surface area contributed by atoms with Gasteiger partial charge in [0.05, 0.1) is 17.7 Å². The Morgan fingerprint density at radius 2 is 2.00 bits per heavy atom. The number of aliphatic hydroxyl groups is 1. The predicted molar refractivity (Wildman–Crippen MR) is 47.3 cm³/mol. The van der Waals surface area contributed by atoms with E-state index in [1.165, 1.54) is 19.3 Å². The van der Waals surface area contributed by atoms with Crippen LogP contribution in [0.2, 0.25) is 0 Å². The van der Waals surface area contributed by atoms with Gasteiger partial charge >= 0.3 is 0 Å². The molecule has 0 heterocycles. The number of nitrogens with zero attached hydrogens (tertiary/aromatic N) is 1. The fourth-order valence-electron chi connectivity index (χ4n) is 1.80. The molecule has 0 aliphatic heterocycles. The highest BCUT2D eigenvalue weighted by molar-refractivity contribution is 5.21. The summed E-state index contributed by atoms with van der Waals surface area (Å²) in [6.07, 6.45) is 5.13. The molecule has 0 amide bonds. The highest BCUT2D eigenvalue weighted by Gasteiger charge is 2.23. The molecule has 0 aromatic carbocycles. The fraction of sp³-hybridized carbons (Fsp3) is 0.700. The molecule has 1 aliphatic carbocycles. The van der Waals surface area contributed by atoms with Crippen LogP contribution >= 0.6 is 0 Å². The number of aliphatic hydroxyl groups excluding tert-OH is 1. The molecule has 0 saturated heterocycles. The molecular weight excluding hydrogens is 150 g/mol. The molecule has 1 aliphatic rings. The first-order valence-electron chi connectivity index (χ1n) is 4.52. The summed E-state index contributed by atoms with van der Waals surface area (Å²) in [4.78, 5) is 0. The van der Waals surface area contributed by atoms with Crippen LogP contribution in [0.5, 0.6) is 0 Å². The lowest BCUT2D eigenvalue weighted by Crippen LogP contribution is -2.23. The topological polar surface area (TPSA) is 44.0 Å².